The molecule has 0 aliphatic rings. The van der Waals surface area contributed by atoms with Gasteiger partial charge < -0.3 is 20.5 Å². The highest BCUT2D eigenvalue weighted by molar-refractivity contribution is 14.1. The van der Waals surface area contributed by atoms with Crippen LogP contribution in [0.4, 0.5) is 4.79 Å². The van der Waals surface area contributed by atoms with Crippen LogP contribution in [0.2, 0.25) is 0 Å². The van der Waals surface area contributed by atoms with Crippen LogP contribution in [0.5, 0.6) is 5.75 Å². The molecule has 0 aliphatic carbocycles. The molecule has 2 amide bonds. The van der Waals surface area contributed by atoms with Crippen molar-refractivity contribution >= 4 is 57.2 Å². The Kier molecular flexibility index (Phi) is 9.47. The Labute approximate surface area is 198 Å². The first kappa shape index (κ1) is 23.7. The summed E-state index contributed by atoms with van der Waals surface area (Å²) in [5, 5.41) is 15.5. The lowest BCUT2D eigenvalue weighted by Gasteiger charge is -2.21. The Bertz CT molecular complexity index is 823. The van der Waals surface area contributed by atoms with Crippen LogP contribution in [0.3, 0.4) is 0 Å². The van der Waals surface area contributed by atoms with Crippen molar-refractivity contribution in [1.29, 1.82) is 0 Å². The maximum absolute atomic E-state index is 12.7. The molecule has 0 heterocycles. The van der Waals surface area contributed by atoms with Gasteiger partial charge in [0.25, 0.3) is 0 Å². The van der Waals surface area contributed by atoms with Gasteiger partial charge in [-0.1, -0.05) is 37.3 Å². The lowest BCUT2D eigenvalue weighted by molar-refractivity contribution is -0.123. The number of rotatable bonds is 8. The lowest BCUT2D eigenvalue weighted by atomic mass is 10.0. The van der Waals surface area contributed by atoms with E-state index in [0.29, 0.717) is 7.14 Å². The Morgan fingerprint density at radius 2 is 1.69 bits per heavy atom. The maximum atomic E-state index is 12.7. The molecule has 0 bridgehead atoms. The zero-order valence-corrected chi connectivity index (χ0v) is 20.6. The topological polar surface area (TPSA) is 87.7 Å². The number of nitrogens with one attached hydrogen (secondary N) is 2. The number of phenolic OH excluding ortho intramolecular Hbond substituents is 1. The van der Waals surface area contributed by atoms with Gasteiger partial charge in [0.1, 0.15) is 18.4 Å². The highest BCUT2D eigenvalue weighted by Gasteiger charge is 2.24. The van der Waals surface area contributed by atoms with Gasteiger partial charge in [-0.05, 0) is 81.8 Å². The summed E-state index contributed by atoms with van der Waals surface area (Å²) < 4.78 is 6.66. The first-order chi connectivity index (χ1) is 13.8. The first-order valence-corrected chi connectivity index (χ1v) is 11.4. The van der Waals surface area contributed by atoms with Gasteiger partial charge in [-0.15, -0.1) is 0 Å². The van der Waals surface area contributed by atoms with Crippen LogP contribution in [0, 0.1) is 7.14 Å². The highest BCUT2D eigenvalue weighted by Crippen LogP contribution is 2.27. The summed E-state index contributed by atoms with van der Waals surface area (Å²) in [5.74, 6) is -0.0557. The second-order valence-corrected chi connectivity index (χ2v) is 9.01. The van der Waals surface area contributed by atoms with Crippen molar-refractivity contribution in [2.24, 2.45) is 0 Å². The van der Waals surface area contributed by atoms with Crippen LogP contribution in [-0.4, -0.2) is 29.2 Å². The van der Waals surface area contributed by atoms with Crippen molar-refractivity contribution in [2.75, 3.05) is 0 Å². The molecule has 2 aromatic carbocycles. The van der Waals surface area contributed by atoms with Gasteiger partial charge in [0.15, 0.2) is 0 Å². The maximum Gasteiger partial charge on any atom is 0.408 e. The number of phenols is 1. The van der Waals surface area contributed by atoms with E-state index in [1.54, 1.807) is 12.1 Å². The molecule has 6 nitrogen and oxygen atoms in total. The van der Waals surface area contributed by atoms with Crippen molar-refractivity contribution < 1.29 is 19.4 Å². The van der Waals surface area contributed by atoms with Crippen LogP contribution in [-0.2, 0) is 22.6 Å². The molecule has 2 rings (SSSR count). The van der Waals surface area contributed by atoms with Gasteiger partial charge in [-0.2, -0.15) is 0 Å². The van der Waals surface area contributed by atoms with E-state index in [-0.39, 0.29) is 30.7 Å². The van der Waals surface area contributed by atoms with E-state index >= 15 is 0 Å². The largest absolute Gasteiger partial charge is 0.506 e. The van der Waals surface area contributed by atoms with E-state index in [1.165, 1.54) is 0 Å². The molecule has 0 unspecified atom stereocenters. The minimum Gasteiger partial charge on any atom is -0.506 e. The fourth-order valence-corrected chi connectivity index (χ4v) is 4.43. The number of carbonyl (C=O) groups excluding carboxylic acids is 2. The van der Waals surface area contributed by atoms with Gasteiger partial charge in [-0.3, -0.25) is 4.79 Å². The predicted molar refractivity (Wildman–Crippen MR) is 129 cm³/mol. The number of ether oxygens (including phenoxy) is 1. The third kappa shape index (κ3) is 7.65. The van der Waals surface area contributed by atoms with Crippen molar-refractivity contribution in [2.45, 2.75) is 45.4 Å². The quantitative estimate of drug-likeness (QED) is 0.383. The lowest BCUT2D eigenvalue weighted by Crippen LogP contribution is -2.50. The van der Waals surface area contributed by atoms with Gasteiger partial charge in [-0.25, -0.2) is 4.79 Å². The summed E-state index contributed by atoms with van der Waals surface area (Å²) in [6.45, 7) is 4.02. The highest BCUT2D eigenvalue weighted by atomic mass is 127. The fourth-order valence-electron chi connectivity index (χ4n) is 2.53. The molecule has 2 atom stereocenters. The molecule has 0 fully saturated rings. The van der Waals surface area contributed by atoms with Gasteiger partial charge in [0.05, 0.1) is 7.14 Å². The average Bonchev–Trinajstić information content (AvgIpc) is 2.70. The Balaban J connectivity index is 2.09. The molecule has 0 aliphatic heterocycles. The predicted octanol–water partition coefficient (Wildman–Crippen LogP) is 4.35. The normalized spacial score (nSPS) is 12.7. The van der Waals surface area contributed by atoms with Crippen molar-refractivity contribution in [1.82, 2.24) is 10.6 Å². The molecule has 3 N–H and O–H groups in total. The summed E-state index contributed by atoms with van der Waals surface area (Å²) in [5.41, 5.74) is 1.70. The molecule has 0 spiro atoms. The summed E-state index contributed by atoms with van der Waals surface area (Å²) in [6, 6.07) is 12.2. The van der Waals surface area contributed by atoms with Crippen molar-refractivity contribution in [3.8, 4) is 5.75 Å². The van der Waals surface area contributed by atoms with Crippen LogP contribution in [0.15, 0.2) is 42.5 Å². The zero-order valence-electron chi connectivity index (χ0n) is 16.2. The minimum absolute atomic E-state index is 0.00720. The van der Waals surface area contributed by atoms with Gasteiger partial charge in [0.2, 0.25) is 5.91 Å². The summed E-state index contributed by atoms with van der Waals surface area (Å²) in [7, 11) is 0. The standard InChI is InChI=1S/C21H24I2N2O4/c1-3-13(2)24-20(27)18(11-15-9-16(22)19(26)17(23)10-15)25-21(28)29-12-14-7-5-4-6-8-14/h4-10,13,18,26H,3,11-12H2,1-2H3,(H,24,27)(H,25,28)/t13-,18-/m0/s1. The molecule has 0 aromatic heterocycles. The average molecular weight is 622 g/mol. The van der Waals surface area contributed by atoms with Gasteiger partial charge >= 0.3 is 6.09 Å². The number of halogens is 2. The smallest absolute Gasteiger partial charge is 0.408 e. The van der Waals surface area contributed by atoms with Crippen LogP contribution >= 0.6 is 45.2 Å². The van der Waals surface area contributed by atoms with Gasteiger partial charge in [0, 0.05) is 12.5 Å². The monoisotopic (exact) mass is 622 g/mol. The molecule has 29 heavy (non-hydrogen) atoms. The van der Waals surface area contributed by atoms with Crippen molar-refractivity contribution in [3.05, 3.63) is 60.7 Å². The summed E-state index contributed by atoms with van der Waals surface area (Å²) in [6.07, 6.45) is 0.419. The van der Waals surface area contributed by atoms with E-state index in [2.05, 4.69) is 10.6 Å². The van der Waals surface area contributed by atoms with E-state index in [0.717, 1.165) is 17.5 Å². The van der Waals surface area contributed by atoms with Crippen LogP contribution in [0.25, 0.3) is 0 Å². The SMILES string of the molecule is CC[C@H](C)NC(=O)[C@H](Cc1cc(I)c(O)c(I)c1)NC(=O)OCc1ccccc1. The fraction of sp³-hybridized carbons (Fsp3) is 0.333. The number of aromatic hydroxyl groups is 1. The first-order valence-electron chi connectivity index (χ1n) is 9.24. The number of hydrogen-bond acceptors (Lipinski definition) is 4. The minimum atomic E-state index is -0.789. The number of alkyl carbamates (subject to hydrolysis) is 1. The molecular formula is C21H24I2N2O4. The number of carbonyl (C=O) groups is 2. The second kappa shape index (κ2) is 11.6. The Hall–Kier alpha value is -1.56. The zero-order chi connectivity index (χ0) is 21.4. The number of benzene rings is 2. The van der Waals surface area contributed by atoms with E-state index in [9.17, 15) is 14.7 Å². The molecule has 0 saturated heterocycles. The molecule has 8 heteroatoms. The van der Waals surface area contributed by atoms with Crippen molar-refractivity contribution in [3.63, 3.8) is 0 Å². The van der Waals surface area contributed by atoms with E-state index in [4.69, 9.17) is 4.74 Å². The molecule has 156 valence electrons. The Morgan fingerprint density at radius 1 is 1.07 bits per heavy atom. The molecule has 0 radical (unpaired) electrons. The third-order valence-corrected chi connectivity index (χ3v) is 5.98. The van der Waals surface area contributed by atoms with Crippen LogP contribution < -0.4 is 10.6 Å². The molecule has 2 aromatic rings. The summed E-state index contributed by atoms with van der Waals surface area (Å²) >= 11 is 4.09. The molecule has 0 saturated carbocycles. The third-order valence-electron chi connectivity index (χ3n) is 4.34. The van der Waals surface area contributed by atoms with Crippen LogP contribution in [0.1, 0.15) is 31.4 Å². The molecular weight excluding hydrogens is 598 g/mol. The Morgan fingerprint density at radius 3 is 2.28 bits per heavy atom. The van der Waals surface area contributed by atoms with E-state index < -0.39 is 12.1 Å². The number of amides is 2. The summed E-state index contributed by atoms with van der Waals surface area (Å²) in [4.78, 5) is 25.0. The number of hydrogen-bond donors (Lipinski definition) is 3. The van der Waals surface area contributed by atoms with E-state index in [1.807, 2.05) is 89.4 Å². The second-order valence-electron chi connectivity index (χ2n) is 6.69.